The van der Waals surface area contributed by atoms with E-state index in [1.807, 2.05) is 24.3 Å². The summed E-state index contributed by atoms with van der Waals surface area (Å²) in [5, 5.41) is 4.27. The van der Waals surface area contributed by atoms with Crippen LogP contribution < -0.4 is 16.8 Å². The number of carbonyl (C=O) groups excluding carboxylic acids is 1. The van der Waals surface area contributed by atoms with E-state index in [9.17, 15) is 4.79 Å². The van der Waals surface area contributed by atoms with Gasteiger partial charge in [-0.25, -0.2) is 4.98 Å². The number of rotatable bonds is 5. The van der Waals surface area contributed by atoms with Gasteiger partial charge in [0.25, 0.3) is 5.91 Å². The van der Waals surface area contributed by atoms with Gasteiger partial charge >= 0.3 is 0 Å². The Balaban J connectivity index is 2.07. The van der Waals surface area contributed by atoms with E-state index in [1.54, 1.807) is 6.07 Å². The van der Waals surface area contributed by atoms with E-state index in [1.165, 1.54) is 0 Å². The number of primary amides is 1. The molecule has 0 spiro atoms. The van der Waals surface area contributed by atoms with Crippen LogP contribution in [-0.2, 0) is 0 Å². The fourth-order valence-electron chi connectivity index (χ4n) is 2.71. The van der Waals surface area contributed by atoms with Gasteiger partial charge in [-0.05, 0) is 37.8 Å². The lowest BCUT2D eigenvalue weighted by atomic mass is 9.95. The lowest BCUT2D eigenvalue weighted by Crippen LogP contribution is -2.45. The van der Waals surface area contributed by atoms with Crippen molar-refractivity contribution in [1.29, 1.82) is 0 Å². The zero-order chi connectivity index (χ0) is 15.0. The minimum Gasteiger partial charge on any atom is -0.365 e. The molecule has 1 aliphatic rings. The highest BCUT2D eigenvalue weighted by Gasteiger charge is 2.41. The standard InChI is InChI=1S/C16H20N4O/c1-16(9-17,11-6-7-11)20-15-12(14(18)21)8-10-4-2-3-5-13(10)19-15/h2-5,8,11H,6-7,9,17H2,1H3,(H2,18,21)(H,19,20). The fraction of sp³-hybridized carbons (Fsp3) is 0.375. The van der Waals surface area contributed by atoms with Crippen LogP contribution in [0.1, 0.15) is 30.1 Å². The Morgan fingerprint density at radius 3 is 2.76 bits per heavy atom. The second kappa shape index (κ2) is 5.00. The van der Waals surface area contributed by atoms with Gasteiger partial charge in [0.1, 0.15) is 5.82 Å². The smallest absolute Gasteiger partial charge is 0.252 e. The number of pyridine rings is 1. The van der Waals surface area contributed by atoms with Crippen molar-refractivity contribution >= 4 is 22.6 Å². The number of benzene rings is 1. The topological polar surface area (TPSA) is 94.0 Å². The Kier molecular flexibility index (Phi) is 3.29. The van der Waals surface area contributed by atoms with Crippen LogP contribution in [0.15, 0.2) is 30.3 Å². The molecule has 1 unspecified atom stereocenters. The van der Waals surface area contributed by atoms with Crippen molar-refractivity contribution in [3.05, 3.63) is 35.9 Å². The summed E-state index contributed by atoms with van der Waals surface area (Å²) in [5.74, 6) is 0.573. The molecule has 1 aliphatic carbocycles. The first kappa shape index (κ1) is 13.8. The van der Waals surface area contributed by atoms with E-state index in [0.29, 0.717) is 23.8 Å². The van der Waals surface area contributed by atoms with E-state index < -0.39 is 5.91 Å². The Morgan fingerprint density at radius 1 is 1.43 bits per heavy atom. The zero-order valence-corrected chi connectivity index (χ0v) is 12.1. The molecule has 1 aromatic heterocycles. The lowest BCUT2D eigenvalue weighted by molar-refractivity contribution is 0.100. The highest BCUT2D eigenvalue weighted by molar-refractivity contribution is 6.01. The number of para-hydroxylation sites is 1. The summed E-state index contributed by atoms with van der Waals surface area (Å²) < 4.78 is 0. The Morgan fingerprint density at radius 2 is 2.14 bits per heavy atom. The summed E-state index contributed by atoms with van der Waals surface area (Å²) in [6.45, 7) is 2.57. The van der Waals surface area contributed by atoms with Crippen molar-refractivity contribution < 1.29 is 4.79 Å². The maximum Gasteiger partial charge on any atom is 0.252 e. The van der Waals surface area contributed by atoms with Gasteiger partial charge in [0.05, 0.1) is 16.6 Å². The molecular formula is C16H20N4O. The van der Waals surface area contributed by atoms with Crippen molar-refractivity contribution in [2.24, 2.45) is 17.4 Å². The number of amides is 1. The van der Waals surface area contributed by atoms with E-state index in [2.05, 4.69) is 17.2 Å². The van der Waals surface area contributed by atoms with Crippen LogP contribution in [0.2, 0.25) is 0 Å². The number of nitrogens with zero attached hydrogens (tertiary/aromatic N) is 1. The maximum atomic E-state index is 11.7. The third-order valence-corrected chi connectivity index (χ3v) is 4.30. The van der Waals surface area contributed by atoms with Gasteiger partial charge < -0.3 is 16.8 Å². The highest BCUT2D eigenvalue weighted by Crippen LogP contribution is 2.41. The van der Waals surface area contributed by atoms with Crippen molar-refractivity contribution in [2.75, 3.05) is 11.9 Å². The average molecular weight is 284 g/mol. The van der Waals surface area contributed by atoms with E-state index in [4.69, 9.17) is 11.5 Å². The van der Waals surface area contributed by atoms with E-state index >= 15 is 0 Å². The summed E-state index contributed by atoms with van der Waals surface area (Å²) in [6, 6.07) is 9.46. The molecule has 3 rings (SSSR count). The summed E-state index contributed by atoms with van der Waals surface area (Å²) in [6.07, 6.45) is 2.31. The zero-order valence-electron chi connectivity index (χ0n) is 12.1. The van der Waals surface area contributed by atoms with Crippen LogP contribution >= 0.6 is 0 Å². The van der Waals surface area contributed by atoms with Gasteiger partial charge in [0, 0.05) is 11.9 Å². The molecule has 0 saturated heterocycles. The predicted octanol–water partition coefficient (Wildman–Crippen LogP) is 1.87. The highest BCUT2D eigenvalue weighted by atomic mass is 16.1. The van der Waals surface area contributed by atoms with Crippen molar-refractivity contribution in [1.82, 2.24) is 4.98 Å². The second-order valence-corrected chi connectivity index (χ2v) is 5.96. The SMILES string of the molecule is CC(CN)(Nc1nc2ccccc2cc1C(N)=O)C1CC1. The van der Waals surface area contributed by atoms with E-state index in [-0.39, 0.29) is 5.54 Å². The van der Waals surface area contributed by atoms with Crippen molar-refractivity contribution in [2.45, 2.75) is 25.3 Å². The van der Waals surface area contributed by atoms with Gasteiger partial charge in [-0.3, -0.25) is 4.79 Å². The first-order chi connectivity index (χ1) is 10.0. The number of nitrogens with two attached hydrogens (primary N) is 2. The van der Waals surface area contributed by atoms with E-state index in [0.717, 1.165) is 23.7 Å². The lowest BCUT2D eigenvalue weighted by Gasteiger charge is -2.31. The Labute approximate surface area is 123 Å². The molecular weight excluding hydrogens is 264 g/mol. The molecule has 0 aliphatic heterocycles. The molecule has 1 fully saturated rings. The number of hydrogen-bond donors (Lipinski definition) is 3. The molecule has 21 heavy (non-hydrogen) atoms. The molecule has 1 atom stereocenters. The van der Waals surface area contributed by atoms with Crippen LogP contribution in [0.3, 0.4) is 0 Å². The number of carbonyl (C=O) groups is 1. The van der Waals surface area contributed by atoms with Crippen LogP contribution in [-0.4, -0.2) is 23.0 Å². The summed E-state index contributed by atoms with van der Waals surface area (Å²) in [7, 11) is 0. The number of fused-ring (bicyclic) bond motifs is 1. The summed E-state index contributed by atoms with van der Waals surface area (Å²) in [4.78, 5) is 16.3. The quantitative estimate of drug-likeness (QED) is 0.781. The van der Waals surface area contributed by atoms with Crippen molar-refractivity contribution in [3.63, 3.8) is 0 Å². The molecule has 1 aromatic carbocycles. The minimum absolute atomic E-state index is 0.250. The Bertz CT molecular complexity index is 696. The van der Waals surface area contributed by atoms with Gasteiger partial charge in [-0.15, -0.1) is 0 Å². The number of aromatic nitrogens is 1. The number of nitrogens with one attached hydrogen (secondary N) is 1. The molecule has 2 aromatic rings. The molecule has 5 N–H and O–H groups in total. The third kappa shape index (κ3) is 2.56. The van der Waals surface area contributed by atoms with Crippen LogP contribution in [0.5, 0.6) is 0 Å². The Hall–Kier alpha value is -2.14. The molecule has 0 radical (unpaired) electrons. The number of hydrogen-bond acceptors (Lipinski definition) is 4. The van der Waals surface area contributed by atoms with Crippen LogP contribution in [0.4, 0.5) is 5.82 Å². The van der Waals surface area contributed by atoms with Gasteiger partial charge in [0.2, 0.25) is 0 Å². The molecule has 5 nitrogen and oxygen atoms in total. The molecule has 0 bridgehead atoms. The molecule has 1 amide bonds. The van der Waals surface area contributed by atoms with Gasteiger partial charge in [-0.2, -0.15) is 0 Å². The second-order valence-electron chi connectivity index (χ2n) is 5.96. The molecule has 110 valence electrons. The first-order valence-corrected chi connectivity index (χ1v) is 7.21. The van der Waals surface area contributed by atoms with Crippen LogP contribution in [0.25, 0.3) is 10.9 Å². The molecule has 1 heterocycles. The summed E-state index contributed by atoms with van der Waals surface area (Å²) >= 11 is 0. The fourth-order valence-corrected chi connectivity index (χ4v) is 2.71. The minimum atomic E-state index is -0.481. The normalized spacial score (nSPS) is 17.4. The van der Waals surface area contributed by atoms with Gasteiger partial charge in [-0.1, -0.05) is 18.2 Å². The van der Waals surface area contributed by atoms with Gasteiger partial charge in [0.15, 0.2) is 0 Å². The third-order valence-electron chi connectivity index (χ3n) is 4.30. The largest absolute Gasteiger partial charge is 0.365 e. The number of anilines is 1. The summed E-state index contributed by atoms with van der Waals surface area (Å²) in [5.41, 5.74) is 12.4. The monoisotopic (exact) mass is 284 g/mol. The molecule has 5 heteroatoms. The molecule has 1 saturated carbocycles. The van der Waals surface area contributed by atoms with Crippen molar-refractivity contribution in [3.8, 4) is 0 Å². The predicted molar refractivity (Wildman–Crippen MR) is 84.1 cm³/mol. The average Bonchev–Trinajstić information content (AvgIpc) is 3.31. The van der Waals surface area contributed by atoms with Crippen LogP contribution in [0, 0.1) is 5.92 Å². The first-order valence-electron chi connectivity index (χ1n) is 7.21. The maximum absolute atomic E-state index is 11.7.